The molecule has 5 nitrogen and oxygen atoms in total. The molecule has 1 amide bonds. The topological polar surface area (TPSA) is 64.6 Å². The number of benzene rings is 2. The number of halogens is 2. The van der Waals surface area contributed by atoms with Gasteiger partial charge in [0.2, 0.25) is 5.91 Å². The fourth-order valence-corrected chi connectivity index (χ4v) is 5.00. The lowest BCUT2D eigenvalue weighted by Crippen LogP contribution is -2.57. The molecule has 0 aromatic heterocycles. The number of amides is 1. The van der Waals surface area contributed by atoms with E-state index >= 15 is 0 Å². The van der Waals surface area contributed by atoms with Gasteiger partial charge >= 0.3 is 0 Å². The molecule has 3 unspecified atom stereocenters. The number of likely N-dealkylation sites (N-methyl/N-ethyl adjacent to an activating group) is 1. The largest absolute Gasteiger partial charge is 0.390 e. The maximum atomic E-state index is 13.7. The summed E-state index contributed by atoms with van der Waals surface area (Å²) in [5.41, 5.74) is 2.45. The van der Waals surface area contributed by atoms with E-state index in [4.69, 9.17) is 0 Å². The van der Waals surface area contributed by atoms with Crippen LogP contribution in [0.5, 0.6) is 0 Å². The molecule has 1 heterocycles. The van der Waals surface area contributed by atoms with Gasteiger partial charge in [-0.15, -0.1) is 0 Å². The molecule has 0 saturated carbocycles. The second kappa shape index (κ2) is 11.1. The summed E-state index contributed by atoms with van der Waals surface area (Å²) in [6.07, 6.45) is 1.08. The number of nitrogens with zero attached hydrogens (tertiary/aromatic N) is 1. The Kier molecular flexibility index (Phi) is 8.67. The minimum Gasteiger partial charge on any atom is -0.390 e. The summed E-state index contributed by atoms with van der Waals surface area (Å²) < 4.78 is 27.4. The van der Waals surface area contributed by atoms with Crippen molar-refractivity contribution in [2.45, 2.75) is 70.1 Å². The van der Waals surface area contributed by atoms with Gasteiger partial charge in [-0.2, -0.15) is 0 Å². The van der Waals surface area contributed by atoms with Gasteiger partial charge in [-0.3, -0.25) is 4.79 Å². The first-order valence-corrected chi connectivity index (χ1v) is 12.3. The van der Waals surface area contributed by atoms with Crippen LogP contribution in [0.25, 0.3) is 0 Å². The summed E-state index contributed by atoms with van der Waals surface area (Å²) in [7, 11) is 2.10. The Bertz CT molecular complexity index is 1000. The van der Waals surface area contributed by atoms with E-state index in [2.05, 4.69) is 67.6 Å². The van der Waals surface area contributed by atoms with Gasteiger partial charge in [-0.1, -0.05) is 45.0 Å². The molecule has 192 valence electrons. The molecule has 0 aliphatic carbocycles. The van der Waals surface area contributed by atoms with Gasteiger partial charge in [-0.05, 0) is 67.1 Å². The second-order valence-corrected chi connectivity index (χ2v) is 11.0. The molecule has 1 aliphatic rings. The number of likely N-dealkylation sites (tertiary alicyclic amines) is 1. The molecule has 1 saturated heterocycles. The lowest BCUT2D eigenvalue weighted by atomic mass is 9.78. The number of hydrogen-bond acceptors (Lipinski definition) is 4. The molecule has 2 aromatic rings. The number of aliphatic hydroxyl groups is 1. The van der Waals surface area contributed by atoms with Crippen LogP contribution in [-0.4, -0.2) is 54.7 Å². The standard InChI is InChI=1S/C28H39F2N3O2/c1-19(34)32-25(14-20-12-23(29)16-24(30)13-20)26(35)17-31-28(10-7-11-33(5)18-28)22-9-6-8-21(15-22)27(2,3)4/h6,8-9,12-13,15-16,25-26,31,35H,7,10-11,14,17-18H2,1-5H3,(H,32,34). The summed E-state index contributed by atoms with van der Waals surface area (Å²) in [6, 6.07) is 11.2. The van der Waals surface area contributed by atoms with E-state index in [9.17, 15) is 18.7 Å². The molecule has 3 rings (SSSR count). The van der Waals surface area contributed by atoms with E-state index in [1.165, 1.54) is 30.2 Å². The second-order valence-electron chi connectivity index (χ2n) is 11.0. The Labute approximate surface area is 207 Å². The van der Waals surface area contributed by atoms with E-state index < -0.39 is 23.8 Å². The van der Waals surface area contributed by atoms with E-state index in [1.807, 2.05) is 0 Å². The van der Waals surface area contributed by atoms with Crippen LogP contribution in [0.15, 0.2) is 42.5 Å². The highest BCUT2D eigenvalue weighted by Crippen LogP contribution is 2.34. The van der Waals surface area contributed by atoms with E-state index in [-0.39, 0.29) is 29.8 Å². The van der Waals surface area contributed by atoms with Crippen LogP contribution < -0.4 is 10.6 Å². The van der Waals surface area contributed by atoms with Crippen molar-refractivity contribution in [2.75, 3.05) is 26.7 Å². The van der Waals surface area contributed by atoms with Gasteiger partial charge in [-0.25, -0.2) is 8.78 Å². The quantitative estimate of drug-likeness (QED) is 0.529. The predicted octanol–water partition coefficient (Wildman–Crippen LogP) is 3.88. The van der Waals surface area contributed by atoms with Crippen molar-refractivity contribution in [2.24, 2.45) is 0 Å². The number of hydrogen-bond donors (Lipinski definition) is 3. The van der Waals surface area contributed by atoms with Crippen LogP contribution in [0.1, 0.15) is 57.2 Å². The molecule has 35 heavy (non-hydrogen) atoms. The molecule has 0 radical (unpaired) electrons. The van der Waals surface area contributed by atoms with Gasteiger partial charge < -0.3 is 20.6 Å². The Hall–Kier alpha value is -2.35. The van der Waals surface area contributed by atoms with Gasteiger partial charge in [0.05, 0.1) is 17.7 Å². The van der Waals surface area contributed by atoms with Crippen molar-refractivity contribution in [3.8, 4) is 0 Å². The first-order valence-electron chi connectivity index (χ1n) is 12.3. The minimum atomic E-state index is -0.958. The van der Waals surface area contributed by atoms with Crippen LogP contribution in [0.3, 0.4) is 0 Å². The molecule has 3 N–H and O–H groups in total. The highest BCUT2D eigenvalue weighted by atomic mass is 19.1. The zero-order chi connectivity index (χ0) is 25.8. The Morgan fingerprint density at radius 2 is 1.86 bits per heavy atom. The van der Waals surface area contributed by atoms with E-state index in [1.54, 1.807) is 0 Å². The fourth-order valence-electron chi connectivity index (χ4n) is 5.00. The molecule has 3 atom stereocenters. The molecule has 1 aliphatic heterocycles. The van der Waals surface area contributed by atoms with Crippen LogP contribution >= 0.6 is 0 Å². The minimum absolute atomic E-state index is 0.00795. The van der Waals surface area contributed by atoms with Crippen molar-refractivity contribution in [3.63, 3.8) is 0 Å². The summed E-state index contributed by atoms with van der Waals surface area (Å²) in [6.45, 7) is 9.95. The summed E-state index contributed by atoms with van der Waals surface area (Å²) in [5, 5.41) is 17.5. The lowest BCUT2D eigenvalue weighted by Gasteiger charge is -2.44. The maximum absolute atomic E-state index is 13.7. The van der Waals surface area contributed by atoms with Gasteiger partial charge in [0.25, 0.3) is 0 Å². The third kappa shape index (κ3) is 7.32. The summed E-state index contributed by atoms with van der Waals surface area (Å²) in [5.74, 6) is -1.68. The first kappa shape index (κ1) is 27.2. The van der Waals surface area contributed by atoms with Crippen LogP contribution in [0.2, 0.25) is 0 Å². The summed E-state index contributed by atoms with van der Waals surface area (Å²) >= 11 is 0. The van der Waals surface area contributed by atoms with Gasteiger partial charge in [0.1, 0.15) is 11.6 Å². The van der Waals surface area contributed by atoms with Gasteiger partial charge in [0.15, 0.2) is 0 Å². The number of nitrogens with one attached hydrogen (secondary N) is 2. The smallest absolute Gasteiger partial charge is 0.217 e. The Morgan fingerprint density at radius 1 is 1.17 bits per heavy atom. The molecule has 7 heteroatoms. The maximum Gasteiger partial charge on any atom is 0.217 e. The zero-order valence-corrected chi connectivity index (χ0v) is 21.5. The monoisotopic (exact) mass is 487 g/mol. The van der Waals surface area contributed by atoms with Gasteiger partial charge in [0, 0.05) is 26.1 Å². The average molecular weight is 488 g/mol. The third-order valence-corrected chi connectivity index (χ3v) is 6.85. The fraction of sp³-hybridized carbons (Fsp3) is 0.536. The number of rotatable bonds is 8. The molecule has 0 spiro atoms. The molecule has 0 bridgehead atoms. The zero-order valence-electron chi connectivity index (χ0n) is 21.5. The first-order chi connectivity index (χ1) is 16.4. The third-order valence-electron chi connectivity index (χ3n) is 6.85. The van der Waals surface area contributed by atoms with Crippen LogP contribution in [-0.2, 0) is 22.2 Å². The number of carbonyl (C=O) groups excluding carboxylic acids is 1. The van der Waals surface area contributed by atoms with Crippen molar-refractivity contribution >= 4 is 5.91 Å². The average Bonchev–Trinajstić information content (AvgIpc) is 2.75. The molecular weight excluding hydrogens is 448 g/mol. The predicted molar refractivity (Wildman–Crippen MR) is 135 cm³/mol. The Balaban J connectivity index is 1.84. The van der Waals surface area contributed by atoms with Crippen LogP contribution in [0.4, 0.5) is 8.78 Å². The highest BCUT2D eigenvalue weighted by Gasteiger charge is 2.37. The molecular formula is C28H39F2N3O2. The van der Waals surface area contributed by atoms with Crippen molar-refractivity contribution < 1.29 is 18.7 Å². The number of carbonyl (C=O) groups is 1. The Morgan fingerprint density at radius 3 is 2.46 bits per heavy atom. The normalized spacial score (nSPS) is 20.9. The van der Waals surface area contributed by atoms with E-state index in [0.717, 1.165) is 32.0 Å². The van der Waals surface area contributed by atoms with Crippen molar-refractivity contribution in [1.29, 1.82) is 0 Å². The molecule has 1 fully saturated rings. The summed E-state index contributed by atoms with van der Waals surface area (Å²) in [4.78, 5) is 14.1. The van der Waals surface area contributed by atoms with Crippen molar-refractivity contribution in [1.82, 2.24) is 15.5 Å². The van der Waals surface area contributed by atoms with Crippen LogP contribution in [0, 0.1) is 11.6 Å². The lowest BCUT2D eigenvalue weighted by molar-refractivity contribution is -0.120. The highest BCUT2D eigenvalue weighted by molar-refractivity contribution is 5.73. The number of piperidine rings is 1. The number of aliphatic hydroxyl groups excluding tert-OH is 1. The molecule has 2 aromatic carbocycles. The van der Waals surface area contributed by atoms with Crippen molar-refractivity contribution in [3.05, 3.63) is 70.8 Å². The SMILES string of the molecule is CC(=O)NC(Cc1cc(F)cc(F)c1)C(O)CNC1(c2cccc(C(C)(C)C)c2)CCCN(C)C1. The van der Waals surface area contributed by atoms with E-state index in [0.29, 0.717) is 5.56 Å².